The molecule has 2 aromatic rings. The Morgan fingerprint density at radius 3 is 2.93 bits per heavy atom. The average Bonchev–Trinajstić information content (AvgIpc) is 3.16. The third-order valence-corrected chi connectivity index (χ3v) is 5.52. The van der Waals surface area contributed by atoms with Gasteiger partial charge in [-0.1, -0.05) is 63.1 Å². The van der Waals surface area contributed by atoms with Crippen LogP contribution in [0.4, 0.5) is 5.82 Å². The van der Waals surface area contributed by atoms with Crippen molar-refractivity contribution in [1.82, 2.24) is 9.55 Å². The molecule has 0 saturated carbocycles. The number of carbonyl (C=O) groups excluding carboxylic acids is 1. The summed E-state index contributed by atoms with van der Waals surface area (Å²) in [4.78, 5) is 29.8. The Morgan fingerprint density at radius 1 is 1.41 bits per heavy atom. The number of carbonyl (C=O) groups is 1. The summed E-state index contributed by atoms with van der Waals surface area (Å²) in [6.07, 6.45) is 2.78. The number of anilines is 1. The molecule has 0 fully saturated rings. The zero-order valence-electron chi connectivity index (χ0n) is 17.2. The van der Waals surface area contributed by atoms with E-state index < -0.39 is 6.04 Å². The summed E-state index contributed by atoms with van der Waals surface area (Å²) in [7, 11) is 0. The number of aromatic nitrogens is 2. The number of ether oxygens (including phenoxy) is 1. The molecule has 1 aromatic heterocycles. The molecule has 7 heteroatoms. The highest BCUT2D eigenvalue weighted by atomic mass is 35.5. The summed E-state index contributed by atoms with van der Waals surface area (Å²) in [6, 6.07) is 7.56. The van der Waals surface area contributed by atoms with Crippen LogP contribution in [0.5, 0.6) is 0 Å². The van der Waals surface area contributed by atoms with E-state index in [0.717, 1.165) is 18.4 Å². The molecule has 2 heterocycles. The van der Waals surface area contributed by atoms with Crippen LogP contribution in [-0.2, 0) is 22.5 Å². The summed E-state index contributed by atoms with van der Waals surface area (Å²) in [5.74, 6) is 0.201. The molecule has 1 N–H and O–H groups in total. The molecule has 1 aliphatic heterocycles. The largest absolute Gasteiger partial charge is 0.464 e. The van der Waals surface area contributed by atoms with E-state index in [1.807, 2.05) is 19.1 Å². The maximum atomic E-state index is 13.0. The van der Waals surface area contributed by atoms with Gasteiger partial charge < -0.3 is 10.1 Å². The molecule has 1 aliphatic rings. The van der Waals surface area contributed by atoms with E-state index in [1.54, 1.807) is 0 Å². The van der Waals surface area contributed by atoms with Gasteiger partial charge in [0.2, 0.25) is 0 Å². The molecule has 156 valence electrons. The predicted molar refractivity (Wildman–Crippen MR) is 115 cm³/mol. The summed E-state index contributed by atoms with van der Waals surface area (Å²) < 4.78 is 6.80. The van der Waals surface area contributed by atoms with Gasteiger partial charge in [0.15, 0.2) is 11.0 Å². The molecule has 0 amide bonds. The van der Waals surface area contributed by atoms with Crippen molar-refractivity contribution in [3.05, 3.63) is 56.6 Å². The van der Waals surface area contributed by atoms with E-state index >= 15 is 0 Å². The number of halogens is 1. The van der Waals surface area contributed by atoms with Crippen LogP contribution in [0.15, 0.2) is 29.1 Å². The molecule has 3 rings (SSSR count). The van der Waals surface area contributed by atoms with Gasteiger partial charge in [0.1, 0.15) is 6.04 Å². The fourth-order valence-corrected chi connectivity index (χ4v) is 3.77. The van der Waals surface area contributed by atoms with Crippen LogP contribution in [0.2, 0.25) is 5.15 Å². The molecular formula is C22H28ClN3O3. The van der Waals surface area contributed by atoms with Gasteiger partial charge in [-0.2, -0.15) is 0 Å². The van der Waals surface area contributed by atoms with E-state index in [2.05, 4.69) is 36.3 Å². The van der Waals surface area contributed by atoms with Crippen LogP contribution in [0.25, 0.3) is 0 Å². The minimum atomic E-state index is -0.639. The maximum absolute atomic E-state index is 13.0. The number of nitrogens with one attached hydrogen (secondary N) is 1. The predicted octanol–water partition coefficient (Wildman–Crippen LogP) is 4.46. The topological polar surface area (TPSA) is 73.2 Å². The second kappa shape index (κ2) is 9.44. The number of hydrogen-bond donors (Lipinski definition) is 1. The Bertz CT molecular complexity index is 939. The monoisotopic (exact) mass is 417 g/mol. The van der Waals surface area contributed by atoms with Crippen molar-refractivity contribution in [2.24, 2.45) is 0 Å². The lowest BCUT2D eigenvalue weighted by molar-refractivity contribution is -0.147. The van der Waals surface area contributed by atoms with Crippen LogP contribution in [-0.4, -0.2) is 22.1 Å². The highest BCUT2D eigenvalue weighted by Gasteiger charge is 2.33. The Balaban J connectivity index is 1.81. The molecule has 0 saturated heterocycles. The number of benzene rings is 1. The molecule has 0 unspecified atom stereocenters. The third kappa shape index (κ3) is 4.81. The van der Waals surface area contributed by atoms with E-state index in [4.69, 9.17) is 16.3 Å². The van der Waals surface area contributed by atoms with Crippen LogP contribution in [0, 0.1) is 0 Å². The van der Waals surface area contributed by atoms with Crippen molar-refractivity contribution >= 4 is 23.4 Å². The molecule has 1 aromatic carbocycles. The maximum Gasteiger partial charge on any atom is 0.329 e. The summed E-state index contributed by atoms with van der Waals surface area (Å²) in [5.41, 5.74) is 2.55. The number of rotatable bonds is 8. The van der Waals surface area contributed by atoms with Gasteiger partial charge in [-0.05, 0) is 36.3 Å². The van der Waals surface area contributed by atoms with Gasteiger partial charge in [-0.25, -0.2) is 9.78 Å². The van der Waals surface area contributed by atoms with Gasteiger partial charge in [0.05, 0.1) is 12.3 Å². The first-order chi connectivity index (χ1) is 13.9. The quantitative estimate of drug-likeness (QED) is 0.507. The van der Waals surface area contributed by atoms with Crippen LogP contribution in [0.1, 0.15) is 68.8 Å². The van der Waals surface area contributed by atoms with Crippen molar-refractivity contribution in [1.29, 1.82) is 0 Å². The number of fused-ring (bicyclic) bond motifs is 1. The molecule has 29 heavy (non-hydrogen) atoms. The highest BCUT2D eigenvalue weighted by Crippen LogP contribution is 2.29. The normalized spacial score (nSPS) is 15.4. The Labute approximate surface area is 176 Å². The Kier molecular flexibility index (Phi) is 6.96. The minimum absolute atomic E-state index is 0.155. The fourth-order valence-electron chi connectivity index (χ4n) is 3.50. The smallest absolute Gasteiger partial charge is 0.329 e. The molecule has 1 atom stereocenters. The number of hydrogen-bond acceptors (Lipinski definition) is 5. The van der Waals surface area contributed by atoms with E-state index in [0.29, 0.717) is 37.6 Å². The van der Waals surface area contributed by atoms with Crippen molar-refractivity contribution in [3.63, 3.8) is 0 Å². The second-order valence-corrected chi connectivity index (χ2v) is 8.06. The summed E-state index contributed by atoms with van der Waals surface area (Å²) >= 11 is 6.33. The van der Waals surface area contributed by atoms with E-state index in [9.17, 15) is 9.59 Å². The first-order valence-corrected chi connectivity index (χ1v) is 10.6. The molecule has 0 radical (unpaired) electrons. The standard InChI is InChI=1S/C22H28ClN3O3/c1-4-5-11-29-22(28)18-10-9-17-19(23)25-20(21(27)26(17)18)24-13-15-7-6-8-16(12-15)14(2)3/h6-8,12,14,18H,4-5,9-11,13H2,1-3H3,(H,24,25)/t18-/m0/s1. The molecule has 0 spiro atoms. The minimum Gasteiger partial charge on any atom is -0.464 e. The van der Waals surface area contributed by atoms with Crippen molar-refractivity contribution in [2.75, 3.05) is 11.9 Å². The van der Waals surface area contributed by atoms with Crippen LogP contribution < -0.4 is 10.9 Å². The van der Waals surface area contributed by atoms with Crippen molar-refractivity contribution < 1.29 is 9.53 Å². The third-order valence-electron chi connectivity index (χ3n) is 5.22. The number of unbranched alkanes of at least 4 members (excludes halogenated alkanes) is 1. The molecule has 0 bridgehead atoms. The highest BCUT2D eigenvalue weighted by molar-refractivity contribution is 6.30. The fraction of sp³-hybridized carbons (Fsp3) is 0.500. The molecule has 6 nitrogen and oxygen atoms in total. The molecule has 0 aliphatic carbocycles. The van der Waals surface area contributed by atoms with Gasteiger partial charge in [0, 0.05) is 6.54 Å². The average molecular weight is 418 g/mol. The lowest BCUT2D eigenvalue weighted by Crippen LogP contribution is -2.31. The van der Waals surface area contributed by atoms with E-state index in [-0.39, 0.29) is 22.5 Å². The van der Waals surface area contributed by atoms with E-state index in [1.165, 1.54) is 10.1 Å². The Morgan fingerprint density at radius 2 is 2.21 bits per heavy atom. The lowest BCUT2D eigenvalue weighted by Gasteiger charge is -2.16. The van der Waals surface area contributed by atoms with Crippen LogP contribution in [0.3, 0.4) is 0 Å². The summed E-state index contributed by atoms with van der Waals surface area (Å²) in [6.45, 7) is 7.13. The summed E-state index contributed by atoms with van der Waals surface area (Å²) in [5, 5.41) is 3.35. The zero-order chi connectivity index (χ0) is 21.0. The van der Waals surface area contributed by atoms with Gasteiger partial charge in [0.25, 0.3) is 5.56 Å². The van der Waals surface area contributed by atoms with Gasteiger partial charge >= 0.3 is 5.97 Å². The van der Waals surface area contributed by atoms with Gasteiger partial charge in [-0.15, -0.1) is 0 Å². The number of esters is 1. The first-order valence-electron chi connectivity index (χ1n) is 10.2. The number of nitrogens with zero attached hydrogens (tertiary/aromatic N) is 2. The lowest BCUT2D eigenvalue weighted by atomic mass is 10.0. The van der Waals surface area contributed by atoms with Crippen molar-refractivity contribution in [3.8, 4) is 0 Å². The van der Waals surface area contributed by atoms with Gasteiger partial charge in [-0.3, -0.25) is 9.36 Å². The molecular weight excluding hydrogens is 390 g/mol. The van der Waals surface area contributed by atoms with Crippen LogP contribution >= 0.6 is 11.6 Å². The second-order valence-electron chi connectivity index (χ2n) is 7.70. The Hall–Kier alpha value is -2.34. The van der Waals surface area contributed by atoms with Crippen molar-refractivity contribution in [2.45, 2.75) is 65.0 Å². The first kappa shape index (κ1) is 21.4. The zero-order valence-corrected chi connectivity index (χ0v) is 18.0. The SMILES string of the molecule is CCCCOC(=O)[C@@H]1CCc2c(Cl)nc(NCc3cccc(C(C)C)c3)c(=O)n21.